The van der Waals surface area contributed by atoms with Gasteiger partial charge in [0.1, 0.15) is 12.4 Å². The molecule has 0 saturated carbocycles. The molecule has 30 heavy (non-hydrogen) atoms. The van der Waals surface area contributed by atoms with Crippen molar-refractivity contribution in [1.29, 1.82) is 0 Å². The summed E-state index contributed by atoms with van der Waals surface area (Å²) in [5, 5.41) is 2.84. The molecule has 1 atom stereocenters. The lowest BCUT2D eigenvalue weighted by Gasteiger charge is -2.26. The molecular weight excluding hydrogens is 452 g/mol. The predicted octanol–water partition coefficient (Wildman–Crippen LogP) is 3.71. The Bertz CT molecular complexity index is 1100. The number of amides is 1. The van der Waals surface area contributed by atoms with Crippen LogP contribution in [0, 0.1) is 0 Å². The van der Waals surface area contributed by atoms with Crippen LogP contribution in [0.4, 0.5) is 0 Å². The summed E-state index contributed by atoms with van der Waals surface area (Å²) < 4.78 is 23.3. The molecule has 0 aliphatic carbocycles. The minimum absolute atomic E-state index is 0.0234. The number of ether oxygens (including phenoxy) is 4. The quantitative estimate of drug-likeness (QED) is 0.720. The second kappa shape index (κ2) is 7.68. The zero-order valence-electron chi connectivity index (χ0n) is 16.2. The zero-order valence-corrected chi connectivity index (χ0v) is 17.8. The van der Waals surface area contributed by atoms with E-state index < -0.39 is 0 Å². The first-order valence-electron chi connectivity index (χ1n) is 9.56. The van der Waals surface area contributed by atoms with Crippen LogP contribution >= 0.6 is 15.9 Å². The van der Waals surface area contributed by atoms with Crippen LogP contribution in [-0.2, 0) is 11.4 Å². The minimum Gasteiger partial charge on any atom is -0.493 e. The maximum Gasteiger partial charge on any atom is 0.231 e. The van der Waals surface area contributed by atoms with Crippen molar-refractivity contribution in [3.8, 4) is 23.0 Å². The number of carbonyl (C=O) groups is 1. The number of amidine groups is 1. The number of hydrogen-bond acceptors (Lipinski definition) is 6. The topological polar surface area (TPSA) is 78.4 Å². The summed E-state index contributed by atoms with van der Waals surface area (Å²) in [4.78, 5) is 16.4. The van der Waals surface area contributed by atoms with Gasteiger partial charge in [0.25, 0.3) is 0 Å². The van der Waals surface area contributed by atoms with E-state index in [1.165, 1.54) is 0 Å². The van der Waals surface area contributed by atoms with E-state index in [0.29, 0.717) is 48.4 Å². The summed E-state index contributed by atoms with van der Waals surface area (Å²) in [6.45, 7) is 1.16. The number of halogens is 1. The van der Waals surface area contributed by atoms with Gasteiger partial charge in [0.15, 0.2) is 23.0 Å². The van der Waals surface area contributed by atoms with Gasteiger partial charge in [-0.2, -0.15) is 0 Å². The molecule has 5 rings (SSSR count). The maximum atomic E-state index is 12.1. The van der Waals surface area contributed by atoms with Crippen LogP contribution in [0.2, 0.25) is 0 Å². The van der Waals surface area contributed by atoms with Crippen molar-refractivity contribution in [1.82, 2.24) is 5.32 Å². The highest BCUT2D eigenvalue weighted by Gasteiger charge is 2.32. The van der Waals surface area contributed by atoms with Gasteiger partial charge in [0, 0.05) is 27.9 Å². The average molecular weight is 471 g/mol. The van der Waals surface area contributed by atoms with E-state index in [2.05, 4.69) is 32.3 Å². The van der Waals surface area contributed by atoms with Crippen LogP contribution in [-0.4, -0.2) is 32.2 Å². The molecule has 3 aliphatic rings. The van der Waals surface area contributed by atoms with Crippen molar-refractivity contribution >= 4 is 27.7 Å². The highest BCUT2D eigenvalue weighted by Crippen LogP contribution is 2.40. The summed E-state index contributed by atoms with van der Waals surface area (Å²) in [5.41, 5.74) is 3.00. The summed E-state index contributed by atoms with van der Waals surface area (Å²) in [5.74, 6) is 3.29. The number of benzene rings is 2. The molecule has 3 aliphatic heterocycles. The molecule has 0 aromatic heterocycles. The molecule has 8 heteroatoms. The van der Waals surface area contributed by atoms with Gasteiger partial charge < -0.3 is 24.3 Å². The van der Waals surface area contributed by atoms with Crippen molar-refractivity contribution in [3.63, 3.8) is 0 Å². The number of carbonyl (C=O) groups excluding carboxylic acids is 1. The fraction of sp³-hybridized carbons (Fsp3) is 0.273. The number of hydrogen-bond donors (Lipinski definition) is 1. The second-order valence-electron chi connectivity index (χ2n) is 7.15. The molecule has 1 fully saturated rings. The third-order valence-corrected chi connectivity index (χ3v) is 6.11. The lowest BCUT2D eigenvalue weighted by atomic mass is 9.85. The van der Waals surface area contributed by atoms with Crippen molar-refractivity contribution in [2.24, 2.45) is 4.99 Å². The number of nitrogens with zero attached hydrogens (tertiary/aromatic N) is 1. The smallest absolute Gasteiger partial charge is 0.231 e. The number of piperidine rings is 1. The maximum absolute atomic E-state index is 12.1. The van der Waals surface area contributed by atoms with Crippen molar-refractivity contribution in [2.75, 3.05) is 20.4 Å². The number of rotatable bonds is 5. The van der Waals surface area contributed by atoms with E-state index in [1.807, 2.05) is 30.3 Å². The Morgan fingerprint density at radius 3 is 2.87 bits per heavy atom. The Balaban J connectivity index is 1.37. The molecule has 1 unspecified atom stereocenters. The molecule has 1 N–H and O–H groups in total. The summed E-state index contributed by atoms with van der Waals surface area (Å²) in [6, 6.07) is 9.58. The van der Waals surface area contributed by atoms with Crippen LogP contribution in [0.15, 0.2) is 51.4 Å². The fourth-order valence-corrected chi connectivity index (χ4v) is 4.30. The molecule has 2 aromatic rings. The molecule has 0 spiro atoms. The third-order valence-electron chi connectivity index (χ3n) is 5.37. The summed E-state index contributed by atoms with van der Waals surface area (Å²) in [7, 11) is 1.61. The van der Waals surface area contributed by atoms with E-state index in [-0.39, 0.29) is 18.6 Å². The molecule has 7 nitrogen and oxygen atoms in total. The van der Waals surface area contributed by atoms with E-state index in [0.717, 1.165) is 21.2 Å². The molecular formula is C22H19BrN2O5. The van der Waals surface area contributed by atoms with Crippen LogP contribution in [0.5, 0.6) is 23.0 Å². The van der Waals surface area contributed by atoms with Gasteiger partial charge in [0.2, 0.25) is 12.7 Å². The molecule has 2 aromatic carbocycles. The Morgan fingerprint density at radius 1 is 1.20 bits per heavy atom. The van der Waals surface area contributed by atoms with Crippen LogP contribution in [0.3, 0.4) is 0 Å². The first-order chi connectivity index (χ1) is 14.6. The monoisotopic (exact) mass is 470 g/mol. The second-order valence-corrected chi connectivity index (χ2v) is 8.00. The Kier molecular flexibility index (Phi) is 4.86. The number of aliphatic imine (C=N–C) groups is 1. The third kappa shape index (κ3) is 3.41. The van der Waals surface area contributed by atoms with Gasteiger partial charge in [-0.05, 0) is 29.8 Å². The minimum atomic E-state index is -0.0362. The number of nitrogens with one attached hydrogen (secondary N) is 1. The normalized spacial score (nSPS) is 19.0. The van der Waals surface area contributed by atoms with E-state index in [1.54, 1.807) is 7.11 Å². The van der Waals surface area contributed by atoms with E-state index in [9.17, 15) is 4.79 Å². The molecule has 0 bridgehead atoms. The van der Waals surface area contributed by atoms with Crippen LogP contribution < -0.4 is 24.3 Å². The van der Waals surface area contributed by atoms with Crippen LogP contribution in [0.1, 0.15) is 23.5 Å². The molecule has 154 valence electrons. The van der Waals surface area contributed by atoms with Gasteiger partial charge in [-0.3, -0.25) is 9.79 Å². The SMILES string of the molecule is COc1cc(C2CC(=O)NC3=NCC=C32)ccc1OCc1cc2c(cc1Br)OCO2. The molecule has 1 saturated heterocycles. The fourth-order valence-electron chi connectivity index (χ4n) is 3.86. The highest BCUT2D eigenvalue weighted by atomic mass is 79.9. The van der Waals surface area contributed by atoms with Gasteiger partial charge in [-0.15, -0.1) is 0 Å². The van der Waals surface area contributed by atoms with Gasteiger partial charge in [0.05, 0.1) is 13.7 Å². The van der Waals surface area contributed by atoms with E-state index >= 15 is 0 Å². The Labute approximate surface area is 181 Å². The first-order valence-corrected chi connectivity index (χ1v) is 10.3. The summed E-state index contributed by atoms with van der Waals surface area (Å²) >= 11 is 3.55. The lowest BCUT2D eigenvalue weighted by molar-refractivity contribution is -0.120. The average Bonchev–Trinajstić information content (AvgIpc) is 3.40. The zero-order chi connectivity index (χ0) is 20.7. The van der Waals surface area contributed by atoms with Crippen molar-refractivity contribution in [3.05, 3.63) is 57.6 Å². The molecule has 3 heterocycles. The molecule has 1 amide bonds. The standard InChI is InChI=1S/C22H19BrN2O5/c1-27-18-6-12(15-8-21(26)25-22-14(15)4-5-24-22)2-3-17(18)28-10-13-7-19-20(9-16(13)23)30-11-29-19/h2-4,6-7,9,15H,5,8,10-11H2,1H3,(H,24,25,26). The van der Waals surface area contributed by atoms with Crippen molar-refractivity contribution < 1.29 is 23.7 Å². The van der Waals surface area contributed by atoms with Crippen molar-refractivity contribution in [2.45, 2.75) is 18.9 Å². The first kappa shape index (κ1) is 19.0. The lowest BCUT2D eigenvalue weighted by Crippen LogP contribution is -2.38. The Morgan fingerprint density at radius 2 is 2.03 bits per heavy atom. The number of methoxy groups -OCH3 is 1. The predicted molar refractivity (Wildman–Crippen MR) is 113 cm³/mol. The highest BCUT2D eigenvalue weighted by molar-refractivity contribution is 9.10. The summed E-state index contributed by atoms with van der Waals surface area (Å²) in [6.07, 6.45) is 2.45. The van der Waals surface area contributed by atoms with Gasteiger partial charge >= 0.3 is 0 Å². The Hall–Kier alpha value is -3.00. The van der Waals surface area contributed by atoms with Gasteiger partial charge in [-0.1, -0.05) is 28.1 Å². The van der Waals surface area contributed by atoms with Crippen LogP contribution in [0.25, 0.3) is 0 Å². The van der Waals surface area contributed by atoms with E-state index in [4.69, 9.17) is 18.9 Å². The number of fused-ring (bicyclic) bond motifs is 2. The van der Waals surface area contributed by atoms with Gasteiger partial charge in [-0.25, -0.2) is 0 Å². The molecule has 0 radical (unpaired) electrons. The largest absolute Gasteiger partial charge is 0.493 e.